The number of rotatable bonds is 5. The highest BCUT2D eigenvalue weighted by Crippen LogP contribution is 2.15. The topological polar surface area (TPSA) is 71.1 Å². The molecule has 6 heteroatoms. The van der Waals surface area contributed by atoms with Gasteiger partial charge in [0.15, 0.2) is 5.13 Å². The fraction of sp³-hybridized carbons (Fsp3) is 0.615. The number of hydrogen-bond donors (Lipinski definition) is 2. The third-order valence-corrected chi connectivity index (χ3v) is 3.29. The number of carbonyl (C=O) groups is 2. The number of anilines is 1. The zero-order valence-electron chi connectivity index (χ0n) is 11.9. The van der Waals surface area contributed by atoms with E-state index in [2.05, 4.69) is 15.6 Å². The summed E-state index contributed by atoms with van der Waals surface area (Å²) < 4.78 is 0. The number of aryl methyl sites for hydroxylation is 1. The van der Waals surface area contributed by atoms with Gasteiger partial charge in [-0.2, -0.15) is 0 Å². The number of aromatic nitrogens is 1. The first kappa shape index (κ1) is 15.6. The summed E-state index contributed by atoms with van der Waals surface area (Å²) in [4.78, 5) is 27.3. The molecule has 0 aliphatic rings. The molecule has 0 saturated carbocycles. The van der Waals surface area contributed by atoms with E-state index in [0.29, 0.717) is 24.5 Å². The summed E-state index contributed by atoms with van der Waals surface area (Å²) in [6, 6.07) is 0. The summed E-state index contributed by atoms with van der Waals surface area (Å²) >= 11 is 1.41. The van der Waals surface area contributed by atoms with Crippen molar-refractivity contribution < 1.29 is 9.59 Å². The number of thiazole rings is 1. The van der Waals surface area contributed by atoms with Crippen molar-refractivity contribution in [1.82, 2.24) is 10.3 Å². The normalized spacial score (nSPS) is 11.2. The minimum atomic E-state index is -0.388. The lowest BCUT2D eigenvalue weighted by Gasteiger charge is -2.17. The Morgan fingerprint density at radius 1 is 1.37 bits per heavy atom. The monoisotopic (exact) mass is 283 g/mol. The summed E-state index contributed by atoms with van der Waals surface area (Å²) in [5.74, 6) is -0.0668. The molecule has 2 N–H and O–H groups in total. The van der Waals surface area contributed by atoms with E-state index in [1.165, 1.54) is 11.3 Å². The number of amides is 2. The van der Waals surface area contributed by atoms with Gasteiger partial charge >= 0.3 is 0 Å². The molecule has 0 bridgehead atoms. The number of carbonyl (C=O) groups excluding carboxylic acids is 2. The van der Waals surface area contributed by atoms with E-state index in [1.54, 1.807) is 0 Å². The molecule has 0 radical (unpaired) electrons. The van der Waals surface area contributed by atoms with Crippen molar-refractivity contribution in [3.63, 3.8) is 0 Å². The third kappa shape index (κ3) is 5.83. The third-order valence-electron chi connectivity index (χ3n) is 2.41. The largest absolute Gasteiger partial charge is 0.356 e. The van der Waals surface area contributed by atoms with Crippen LogP contribution in [0.4, 0.5) is 5.13 Å². The lowest BCUT2D eigenvalue weighted by atomic mass is 9.96. The Balaban J connectivity index is 2.19. The van der Waals surface area contributed by atoms with Crippen LogP contribution in [0.1, 0.15) is 39.3 Å². The molecule has 0 fully saturated rings. The van der Waals surface area contributed by atoms with Gasteiger partial charge in [0.25, 0.3) is 0 Å². The van der Waals surface area contributed by atoms with Crippen LogP contribution in [0.3, 0.4) is 0 Å². The number of nitrogens with one attached hydrogen (secondary N) is 2. The molecule has 106 valence electrons. The molecule has 5 nitrogen and oxygen atoms in total. The second kappa shape index (κ2) is 6.65. The van der Waals surface area contributed by atoms with Crippen LogP contribution in [0, 0.1) is 12.3 Å². The molecular formula is C13H21N3O2S. The minimum absolute atomic E-state index is 0.00320. The number of hydrogen-bond acceptors (Lipinski definition) is 4. The Kier molecular flexibility index (Phi) is 5.47. The van der Waals surface area contributed by atoms with Crippen molar-refractivity contribution in [3.05, 3.63) is 11.1 Å². The van der Waals surface area contributed by atoms with Gasteiger partial charge in [-0.15, -0.1) is 11.3 Å². The predicted molar refractivity (Wildman–Crippen MR) is 77.2 cm³/mol. The quantitative estimate of drug-likeness (QED) is 0.815. The molecule has 0 aliphatic carbocycles. The van der Waals surface area contributed by atoms with Gasteiger partial charge in [-0.25, -0.2) is 4.98 Å². The fourth-order valence-corrected chi connectivity index (χ4v) is 2.01. The standard InChI is InChI=1S/C13H21N3O2S/c1-9-8-19-12(15-9)16-10(17)6-5-7-14-11(18)13(2,3)4/h8H,5-7H2,1-4H3,(H,14,18)(H,15,16,17). The molecular weight excluding hydrogens is 262 g/mol. The van der Waals surface area contributed by atoms with E-state index in [4.69, 9.17) is 0 Å². The molecule has 19 heavy (non-hydrogen) atoms. The first-order valence-corrected chi connectivity index (χ1v) is 7.17. The van der Waals surface area contributed by atoms with Gasteiger partial charge < -0.3 is 10.6 Å². The summed E-state index contributed by atoms with van der Waals surface area (Å²) in [7, 11) is 0. The van der Waals surface area contributed by atoms with Crippen LogP contribution in [0.5, 0.6) is 0 Å². The van der Waals surface area contributed by atoms with E-state index >= 15 is 0 Å². The highest BCUT2D eigenvalue weighted by atomic mass is 32.1. The van der Waals surface area contributed by atoms with Crippen LogP contribution in [-0.4, -0.2) is 23.3 Å². The SMILES string of the molecule is Cc1csc(NC(=O)CCCNC(=O)C(C)(C)C)n1. The molecule has 0 saturated heterocycles. The Labute approximate surface area is 117 Å². The average Bonchev–Trinajstić information content (AvgIpc) is 2.68. The molecule has 0 spiro atoms. The Hall–Kier alpha value is -1.43. The van der Waals surface area contributed by atoms with E-state index in [0.717, 1.165) is 5.69 Å². The zero-order valence-corrected chi connectivity index (χ0v) is 12.7. The molecule has 0 unspecified atom stereocenters. The lowest BCUT2D eigenvalue weighted by Crippen LogP contribution is -2.35. The number of nitrogens with zero attached hydrogens (tertiary/aromatic N) is 1. The highest BCUT2D eigenvalue weighted by Gasteiger charge is 2.20. The van der Waals surface area contributed by atoms with Gasteiger partial charge in [0.05, 0.1) is 5.69 Å². The summed E-state index contributed by atoms with van der Waals surface area (Å²) in [5.41, 5.74) is 0.512. The van der Waals surface area contributed by atoms with Gasteiger partial charge in [-0.1, -0.05) is 20.8 Å². The van der Waals surface area contributed by atoms with E-state index in [1.807, 2.05) is 33.1 Å². The van der Waals surface area contributed by atoms with Crippen molar-refractivity contribution in [2.24, 2.45) is 5.41 Å². The first-order chi connectivity index (χ1) is 8.79. The maximum Gasteiger partial charge on any atom is 0.226 e. The van der Waals surface area contributed by atoms with E-state index < -0.39 is 0 Å². The maximum absolute atomic E-state index is 11.6. The maximum atomic E-state index is 11.6. The Bertz CT molecular complexity index is 449. The molecule has 2 amide bonds. The van der Waals surface area contributed by atoms with Crippen molar-refractivity contribution in [2.75, 3.05) is 11.9 Å². The zero-order chi connectivity index (χ0) is 14.5. The van der Waals surface area contributed by atoms with Gasteiger partial charge in [0, 0.05) is 23.8 Å². The van der Waals surface area contributed by atoms with Gasteiger partial charge in [-0.3, -0.25) is 9.59 Å². The summed E-state index contributed by atoms with van der Waals surface area (Å²) in [6.07, 6.45) is 1.00. The second-order valence-corrected chi connectivity index (χ2v) is 6.31. The molecule has 1 rings (SSSR count). The van der Waals surface area contributed by atoms with Gasteiger partial charge in [-0.05, 0) is 13.3 Å². The highest BCUT2D eigenvalue weighted by molar-refractivity contribution is 7.13. The van der Waals surface area contributed by atoms with Crippen LogP contribution in [-0.2, 0) is 9.59 Å². The van der Waals surface area contributed by atoms with Gasteiger partial charge in [0.1, 0.15) is 0 Å². The van der Waals surface area contributed by atoms with Crippen LogP contribution in [0.2, 0.25) is 0 Å². The predicted octanol–water partition coefficient (Wildman–Crippen LogP) is 2.33. The Morgan fingerprint density at radius 2 is 2.05 bits per heavy atom. The lowest BCUT2D eigenvalue weighted by molar-refractivity contribution is -0.128. The van der Waals surface area contributed by atoms with Gasteiger partial charge in [0.2, 0.25) is 11.8 Å². The van der Waals surface area contributed by atoms with Crippen LogP contribution >= 0.6 is 11.3 Å². The summed E-state index contributed by atoms with van der Waals surface area (Å²) in [6.45, 7) is 7.98. The average molecular weight is 283 g/mol. The Morgan fingerprint density at radius 3 is 2.58 bits per heavy atom. The van der Waals surface area contributed by atoms with E-state index in [-0.39, 0.29) is 17.2 Å². The molecule has 0 aromatic carbocycles. The molecule has 1 aromatic heterocycles. The van der Waals surface area contributed by atoms with Crippen LogP contribution < -0.4 is 10.6 Å². The second-order valence-electron chi connectivity index (χ2n) is 5.45. The van der Waals surface area contributed by atoms with Crippen molar-refractivity contribution in [1.29, 1.82) is 0 Å². The molecule has 1 aromatic rings. The fourth-order valence-electron chi connectivity index (χ4n) is 1.31. The van der Waals surface area contributed by atoms with Crippen LogP contribution in [0.15, 0.2) is 5.38 Å². The minimum Gasteiger partial charge on any atom is -0.356 e. The first-order valence-electron chi connectivity index (χ1n) is 6.29. The van der Waals surface area contributed by atoms with E-state index in [9.17, 15) is 9.59 Å². The molecule has 1 heterocycles. The molecule has 0 aliphatic heterocycles. The van der Waals surface area contributed by atoms with Crippen LogP contribution in [0.25, 0.3) is 0 Å². The smallest absolute Gasteiger partial charge is 0.226 e. The van der Waals surface area contributed by atoms with Crippen molar-refractivity contribution >= 4 is 28.3 Å². The van der Waals surface area contributed by atoms with Crippen molar-refractivity contribution in [2.45, 2.75) is 40.5 Å². The summed E-state index contributed by atoms with van der Waals surface area (Å²) in [5, 5.41) is 8.07. The van der Waals surface area contributed by atoms with Crippen molar-refractivity contribution in [3.8, 4) is 0 Å². The molecule has 0 atom stereocenters.